The van der Waals surface area contributed by atoms with Crippen molar-refractivity contribution in [2.24, 2.45) is 5.10 Å². The minimum atomic E-state index is -0.508. The Kier molecular flexibility index (Phi) is 7.50. The summed E-state index contributed by atoms with van der Waals surface area (Å²) in [7, 11) is 0. The second-order valence-corrected chi connectivity index (χ2v) is 7.67. The number of benzene rings is 3. The molecule has 3 aromatic carbocycles. The number of carbonyl (C=O) groups excluding carboxylic acids is 1. The van der Waals surface area contributed by atoms with Gasteiger partial charge in [0.15, 0.2) is 0 Å². The van der Waals surface area contributed by atoms with Crippen molar-refractivity contribution in [2.45, 2.75) is 20.0 Å². The summed E-state index contributed by atoms with van der Waals surface area (Å²) in [5.74, 6) is 0.251. The van der Waals surface area contributed by atoms with E-state index >= 15 is 0 Å². The SMILES string of the molecule is Cc1ccc(COc2ccc(C=NNC(=O)Cc3ccccc3[N+](=O)[O-])cc2Br)cc1. The molecule has 0 spiro atoms. The number of carbonyl (C=O) groups is 1. The zero-order valence-electron chi connectivity index (χ0n) is 16.7. The van der Waals surface area contributed by atoms with Crippen molar-refractivity contribution in [2.75, 3.05) is 0 Å². The van der Waals surface area contributed by atoms with E-state index in [1.54, 1.807) is 18.2 Å². The lowest BCUT2D eigenvalue weighted by Gasteiger charge is -2.09. The van der Waals surface area contributed by atoms with E-state index in [1.165, 1.54) is 17.8 Å². The molecule has 8 heteroatoms. The number of nitro groups is 1. The van der Waals surface area contributed by atoms with Crippen LogP contribution in [0.25, 0.3) is 0 Å². The van der Waals surface area contributed by atoms with Crippen molar-refractivity contribution in [3.63, 3.8) is 0 Å². The van der Waals surface area contributed by atoms with E-state index in [9.17, 15) is 14.9 Å². The molecule has 158 valence electrons. The van der Waals surface area contributed by atoms with E-state index in [0.717, 1.165) is 15.6 Å². The number of aryl methyl sites for hydroxylation is 1. The zero-order valence-corrected chi connectivity index (χ0v) is 18.3. The van der Waals surface area contributed by atoms with Gasteiger partial charge >= 0.3 is 0 Å². The van der Waals surface area contributed by atoms with Crippen LogP contribution in [0.3, 0.4) is 0 Å². The highest BCUT2D eigenvalue weighted by Gasteiger charge is 2.15. The molecular weight excluding hydrogens is 462 g/mol. The smallest absolute Gasteiger partial charge is 0.273 e. The number of hydrogen-bond donors (Lipinski definition) is 1. The van der Waals surface area contributed by atoms with Gasteiger partial charge in [-0.15, -0.1) is 0 Å². The number of para-hydroxylation sites is 1. The molecule has 0 aliphatic carbocycles. The number of nitrogens with one attached hydrogen (secondary N) is 1. The van der Waals surface area contributed by atoms with Crippen LogP contribution in [-0.2, 0) is 17.8 Å². The van der Waals surface area contributed by atoms with Crippen molar-refractivity contribution >= 4 is 33.7 Å². The minimum Gasteiger partial charge on any atom is -0.488 e. The fourth-order valence-electron chi connectivity index (χ4n) is 2.79. The number of nitro benzene ring substituents is 1. The molecule has 3 rings (SSSR count). The lowest BCUT2D eigenvalue weighted by molar-refractivity contribution is -0.385. The van der Waals surface area contributed by atoms with Gasteiger partial charge in [0, 0.05) is 11.6 Å². The Morgan fingerprint density at radius 2 is 1.90 bits per heavy atom. The number of halogens is 1. The third-order valence-corrected chi connectivity index (χ3v) is 5.03. The van der Waals surface area contributed by atoms with Gasteiger partial charge in [0.2, 0.25) is 5.91 Å². The van der Waals surface area contributed by atoms with Crippen LogP contribution in [0, 0.1) is 17.0 Å². The highest BCUT2D eigenvalue weighted by molar-refractivity contribution is 9.10. The van der Waals surface area contributed by atoms with Crippen LogP contribution in [-0.4, -0.2) is 17.0 Å². The molecule has 0 unspecified atom stereocenters. The number of ether oxygens (including phenoxy) is 1. The van der Waals surface area contributed by atoms with Gasteiger partial charge in [-0.2, -0.15) is 5.10 Å². The van der Waals surface area contributed by atoms with Gasteiger partial charge in [-0.1, -0.05) is 48.0 Å². The normalized spacial score (nSPS) is 10.8. The largest absolute Gasteiger partial charge is 0.488 e. The Labute approximate surface area is 188 Å². The summed E-state index contributed by atoms with van der Waals surface area (Å²) in [6, 6.07) is 19.7. The van der Waals surface area contributed by atoms with Gasteiger partial charge in [-0.25, -0.2) is 5.43 Å². The monoisotopic (exact) mass is 481 g/mol. The first-order valence-electron chi connectivity index (χ1n) is 9.44. The lowest BCUT2D eigenvalue weighted by atomic mass is 10.1. The topological polar surface area (TPSA) is 93.8 Å². The molecule has 7 nitrogen and oxygen atoms in total. The number of rotatable bonds is 8. The molecule has 0 aromatic heterocycles. The van der Waals surface area contributed by atoms with E-state index in [4.69, 9.17) is 4.74 Å². The van der Waals surface area contributed by atoms with Gasteiger partial charge in [-0.3, -0.25) is 14.9 Å². The molecule has 0 fully saturated rings. The van der Waals surface area contributed by atoms with Crippen LogP contribution < -0.4 is 10.2 Å². The van der Waals surface area contributed by atoms with Crippen molar-refractivity contribution in [3.05, 3.63) is 104 Å². The second-order valence-electron chi connectivity index (χ2n) is 6.82. The predicted octanol–water partition coefficient (Wildman–Crippen LogP) is 4.94. The molecule has 0 bridgehead atoms. The van der Waals surface area contributed by atoms with Crippen LogP contribution in [0.4, 0.5) is 5.69 Å². The summed E-state index contributed by atoms with van der Waals surface area (Å²) in [4.78, 5) is 22.6. The van der Waals surface area contributed by atoms with Crippen LogP contribution in [0.5, 0.6) is 5.75 Å². The maximum atomic E-state index is 12.1. The van der Waals surface area contributed by atoms with E-state index in [-0.39, 0.29) is 12.1 Å². The van der Waals surface area contributed by atoms with Crippen LogP contribution in [0.1, 0.15) is 22.3 Å². The molecule has 0 saturated carbocycles. The summed E-state index contributed by atoms with van der Waals surface area (Å²) in [5.41, 5.74) is 5.65. The molecule has 31 heavy (non-hydrogen) atoms. The lowest BCUT2D eigenvalue weighted by Crippen LogP contribution is -2.20. The molecule has 0 atom stereocenters. The summed E-state index contributed by atoms with van der Waals surface area (Å²) in [6.07, 6.45) is 1.36. The first kappa shape index (κ1) is 22.2. The average Bonchev–Trinajstić information content (AvgIpc) is 2.74. The number of hydrogen-bond acceptors (Lipinski definition) is 5. The van der Waals surface area contributed by atoms with Crippen molar-refractivity contribution in [1.82, 2.24) is 5.43 Å². The van der Waals surface area contributed by atoms with Crippen LogP contribution in [0.2, 0.25) is 0 Å². The number of nitrogens with zero attached hydrogens (tertiary/aromatic N) is 2. The van der Waals surface area contributed by atoms with Crippen molar-refractivity contribution in [1.29, 1.82) is 0 Å². The summed E-state index contributed by atoms with van der Waals surface area (Å²) in [5, 5.41) is 15.0. The van der Waals surface area contributed by atoms with Gasteiger partial charge in [-0.05, 0) is 52.2 Å². The molecule has 0 heterocycles. The Balaban J connectivity index is 1.55. The van der Waals surface area contributed by atoms with Gasteiger partial charge in [0.25, 0.3) is 5.69 Å². The first-order chi connectivity index (χ1) is 14.9. The second kappa shape index (κ2) is 10.5. The highest BCUT2D eigenvalue weighted by Crippen LogP contribution is 2.26. The van der Waals surface area contributed by atoms with Gasteiger partial charge < -0.3 is 4.74 Å². The van der Waals surface area contributed by atoms with E-state index in [2.05, 4.69) is 26.5 Å². The standard InChI is InChI=1S/C23H20BrN3O4/c1-16-6-8-17(9-7-16)15-31-22-11-10-18(12-20(22)24)14-25-26-23(28)13-19-4-2-3-5-21(19)27(29)30/h2-12,14H,13,15H2,1H3,(H,26,28). The molecule has 3 aromatic rings. The Morgan fingerprint density at radius 3 is 2.61 bits per heavy atom. The zero-order chi connectivity index (χ0) is 22.2. The average molecular weight is 482 g/mol. The fourth-order valence-corrected chi connectivity index (χ4v) is 3.30. The quantitative estimate of drug-likeness (QED) is 0.280. The van der Waals surface area contributed by atoms with Crippen LogP contribution >= 0.6 is 15.9 Å². The third kappa shape index (κ3) is 6.48. The van der Waals surface area contributed by atoms with Crippen molar-refractivity contribution in [3.8, 4) is 5.75 Å². The molecular formula is C23H20BrN3O4. The number of amides is 1. The van der Waals surface area contributed by atoms with Crippen molar-refractivity contribution < 1.29 is 14.5 Å². The molecule has 0 aliphatic rings. The molecule has 0 aliphatic heterocycles. The molecule has 1 amide bonds. The summed E-state index contributed by atoms with van der Waals surface area (Å²) >= 11 is 3.48. The minimum absolute atomic E-state index is 0.0909. The Bertz CT molecular complexity index is 1110. The van der Waals surface area contributed by atoms with E-state index in [1.807, 2.05) is 49.4 Å². The van der Waals surface area contributed by atoms with E-state index in [0.29, 0.717) is 17.9 Å². The maximum absolute atomic E-state index is 12.1. The van der Waals surface area contributed by atoms with Gasteiger partial charge in [0.1, 0.15) is 12.4 Å². The Hall–Kier alpha value is -3.52. The molecule has 0 radical (unpaired) electrons. The third-order valence-electron chi connectivity index (χ3n) is 4.41. The Morgan fingerprint density at radius 1 is 1.16 bits per heavy atom. The van der Waals surface area contributed by atoms with E-state index < -0.39 is 10.8 Å². The van der Waals surface area contributed by atoms with Gasteiger partial charge in [0.05, 0.1) is 22.0 Å². The van der Waals surface area contributed by atoms with Crippen LogP contribution in [0.15, 0.2) is 76.3 Å². The maximum Gasteiger partial charge on any atom is 0.273 e. The number of hydrazone groups is 1. The fraction of sp³-hybridized carbons (Fsp3) is 0.130. The first-order valence-corrected chi connectivity index (χ1v) is 10.2. The predicted molar refractivity (Wildman–Crippen MR) is 122 cm³/mol. The summed E-state index contributed by atoms with van der Waals surface area (Å²) < 4.78 is 6.60. The molecule has 1 N–H and O–H groups in total. The molecule has 0 saturated heterocycles. The highest BCUT2D eigenvalue weighted by atomic mass is 79.9. The summed E-state index contributed by atoms with van der Waals surface area (Å²) in [6.45, 7) is 2.49.